The van der Waals surface area contributed by atoms with Crippen molar-refractivity contribution in [3.05, 3.63) is 29.7 Å². The van der Waals surface area contributed by atoms with Crippen LogP contribution >= 0.6 is 11.3 Å². The smallest absolute Gasteiger partial charge is 0.273 e. The highest BCUT2D eigenvalue weighted by Gasteiger charge is 2.25. The Balaban J connectivity index is 1.81. The molecule has 1 N–H and O–H groups in total. The van der Waals surface area contributed by atoms with Crippen molar-refractivity contribution in [1.29, 1.82) is 0 Å². The summed E-state index contributed by atoms with van der Waals surface area (Å²) in [7, 11) is 0. The number of piperazine rings is 1. The number of amides is 1. The van der Waals surface area contributed by atoms with Gasteiger partial charge in [0.15, 0.2) is 0 Å². The summed E-state index contributed by atoms with van der Waals surface area (Å²) in [6.07, 6.45) is 4.89. The van der Waals surface area contributed by atoms with Crippen LogP contribution in [0, 0.1) is 0 Å². The number of carbonyl (C=O) groups is 1. The van der Waals surface area contributed by atoms with Gasteiger partial charge in [0.05, 0.1) is 6.20 Å². The van der Waals surface area contributed by atoms with Gasteiger partial charge in [-0.15, -0.1) is 11.3 Å². The van der Waals surface area contributed by atoms with E-state index in [9.17, 15) is 4.79 Å². The molecule has 0 radical (unpaired) electrons. The molecule has 0 spiro atoms. The summed E-state index contributed by atoms with van der Waals surface area (Å²) < 4.78 is 0. The Morgan fingerprint density at radius 2 is 2.40 bits per heavy atom. The number of thiazole rings is 1. The maximum Gasteiger partial charge on any atom is 0.273 e. The second-order valence-corrected chi connectivity index (χ2v) is 5.54. The van der Waals surface area contributed by atoms with Crippen LogP contribution in [0.25, 0.3) is 10.7 Å². The molecule has 0 aliphatic carbocycles. The molecule has 2 aromatic rings. The molecule has 7 heteroatoms. The van der Waals surface area contributed by atoms with Crippen LogP contribution in [0.4, 0.5) is 0 Å². The third-order valence-corrected chi connectivity index (χ3v) is 4.13. The first-order chi connectivity index (χ1) is 9.75. The highest BCUT2D eigenvalue weighted by Crippen LogP contribution is 2.22. The molecule has 104 valence electrons. The van der Waals surface area contributed by atoms with Crippen LogP contribution in [-0.4, -0.2) is 51.4 Å². The summed E-state index contributed by atoms with van der Waals surface area (Å²) in [6.45, 7) is 4.42. The molecule has 2 aromatic heterocycles. The lowest BCUT2D eigenvalue weighted by Crippen LogP contribution is -2.52. The second kappa shape index (κ2) is 5.64. The minimum absolute atomic E-state index is 0.00890. The van der Waals surface area contributed by atoms with E-state index in [1.807, 2.05) is 11.8 Å². The van der Waals surface area contributed by atoms with Crippen molar-refractivity contribution in [3.63, 3.8) is 0 Å². The Morgan fingerprint density at radius 3 is 3.15 bits per heavy atom. The van der Waals surface area contributed by atoms with E-state index in [2.05, 4.69) is 20.3 Å². The lowest BCUT2D eigenvalue weighted by Gasteiger charge is -2.33. The van der Waals surface area contributed by atoms with Crippen molar-refractivity contribution in [2.45, 2.75) is 13.0 Å². The van der Waals surface area contributed by atoms with Crippen LogP contribution in [0.5, 0.6) is 0 Å². The van der Waals surface area contributed by atoms with Gasteiger partial charge in [-0.1, -0.05) is 0 Å². The van der Waals surface area contributed by atoms with Crippen LogP contribution in [0.15, 0.2) is 24.0 Å². The average Bonchev–Trinajstić information content (AvgIpc) is 2.98. The fourth-order valence-electron chi connectivity index (χ4n) is 2.19. The van der Waals surface area contributed by atoms with E-state index in [1.165, 1.54) is 11.3 Å². The van der Waals surface area contributed by atoms with Gasteiger partial charge in [0.25, 0.3) is 5.91 Å². The maximum absolute atomic E-state index is 12.5. The number of aromatic nitrogens is 3. The minimum atomic E-state index is -0.00890. The van der Waals surface area contributed by atoms with Crippen molar-refractivity contribution in [1.82, 2.24) is 25.2 Å². The van der Waals surface area contributed by atoms with E-state index in [0.717, 1.165) is 24.6 Å². The summed E-state index contributed by atoms with van der Waals surface area (Å²) in [4.78, 5) is 26.9. The Kier molecular flexibility index (Phi) is 3.70. The molecule has 0 aromatic carbocycles. The maximum atomic E-state index is 12.5. The molecule has 0 saturated carbocycles. The highest BCUT2D eigenvalue weighted by molar-refractivity contribution is 7.13. The van der Waals surface area contributed by atoms with Gasteiger partial charge in [-0.2, -0.15) is 0 Å². The van der Waals surface area contributed by atoms with Crippen molar-refractivity contribution in [3.8, 4) is 10.7 Å². The van der Waals surface area contributed by atoms with Gasteiger partial charge in [-0.05, 0) is 6.92 Å². The first-order valence-electron chi connectivity index (χ1n) is 6.49. The monoisotopic (exact) mass is 289 g/mol. The summed E-state index contributed by atoms with van der Waals surface area (Å²) >= 11 is 1.42. The Hall–Kier alpha value is -1.86. The van der Waals surface area contributed by atoms with E-state index in [0.29, 0.717) is 11.4 Å². The molecule has 1 saturated heterocycles. The molecule has 3 rings (SSSR count). The largest absolute Gasteiger partial charge is 0.332 e. The molecule has 1 amide bonds. The Bertz CT molecular complexity index is 600. The number of nitrogens with one attached hydrogen (secondary N) is 1. The number of hydrogen-bond donors (Lipinski definition) is 1. The van der Waals surface area contributed by atoms with E-state index < -0.39 is 0 Å². The van der Waals surface area contributed by atoms with Crippen LogP contribution < -0.4 is 5.32 Å². The average molecular weight is 289 g/mol. The summed E-state index contributed by atoms with van der Waals surface area (Å²) in [6, 6.07) is 0.193. The van der Waals surface area contributed by atoms with Gasteiger partial charge in [0.1, 0.15) is 16.4 Å². The molecule has 1 atom stereocenters. The van der Waals surface area contributed by atoms with Gasteiger partial charge < -0.3 is 10.2 Å². The van der Waals surface area contributed by atoms with Crippen LogP contribution in [0.2, 0.25) is 0 Å². The first-order valence-corrected chi connectivity index (χ1v) is 7.37. The molecule has 1 fully saturated rings. The van der Waals surface area contributed by atoms with Crippen LogP contribution in [-0.2, 0) is 0 Å². The zero-order valence-electron chi connectivity index (χ0n) is 11.1. The number of nitrogens with zero attached hydrogens (tertiary/aromatic N) is 4. The predicted octanol–water partition coefficient (Wildman–Crippen LogP) is 1.03. The molecule has 20 heavy (non-hydrogen) atoms. The lowest BCUT2D eigenvalue weighted by molar-refractivity contribution is 0.0650. The molecule has 1 aliphatic heterocycles. The third kappa shape index (κ3) is 2.54. The third-order valence-electron chi connectivity index (χ3n) is 3.27. The molecule has 0 unspecified atom stereocenters. The van der Waals surface area contributed by atoms with Crippen LogP contribution in [0.1, 0.15) is 17.4 Å². The van der Waals surface area contributed by atoms with Crippen molar-refractivity contribution < 1.29 is 4.79 Å². The standard InChI is InChI=1S/C13H15N5OS/c1-9-6-15-4-5-18(9)13(19)11-8-20-12(17-11)10-7-14-2-3-16-10/h2-3,7-9,15H,4-6H2,1H3/t9-/m0/s1. The SMILES string of the molecule is C[C@H]1CNCCN1C(=O)c1csc(-c2cnccn2)n1. The second-order valence-electron chi connectivity index (χ2n) is 4.68. The van der Waals surface area contributed by atoms with Gasteiger partial charge >= 0.3 is 0 Å². The fraction of sp³-hybridized carbons (Fsp3) is 0.385. The molecule has 3 heterocycles. The van der Waals surface area contributed by atoms with E-state index >= 15 is 0 Å². The van der Waals surface area contributed by atoms with Gasteiger partial charge in [0, 0.05) is 43.4 Å². The van der Waals surface area contributed by atoms with E-state index in [1.54, 1.807) is 24.0 Å². The number of carbonyl (C=O) groups excluding carboxylic acids is 1. The fourth-order valence-corrected chi connectivity index (χ4v) is 2.94. The highest BCUT2D eigenvalue weighted by atomic mass is 32.1. The zero-order chi connectivity index (χ0) is 13.9. The van der Waals surface area contributed by atoms with E-state index in [-0.39, 0.29) is 11.9 Å². The van der Waals surface area contributed by atoms with Gasteiger partial charge in [-0.25, -0.2) is 4.98 Å². The van der Waals surface area contributed by atoms with E-state index in [4.69, 9.17) is 0 Å². The molecular formula is C13H15N5OS. The number of rotatable bonds is 2. The first kappa shape index (κ1) is 13.1. The normalized spacial score (nSPS) is 19.1. The lowest BCUT2D eigenvalue weighted by atomic mass is 10.2. The number of hydrogen-bond acceptors (Lipinski definition) is 6. The van der Waals surface area contributed by atoms with Crippen molar-refractivity contribution in [2.24, 2.45) is 0 Å². The van der Waals surface area contributed by atoms with Crippen molar-refractivity contribution in [2.75, 3.05) is 19.6 Å². The Labute approximate surface area is 120 Å². The molecule has 6 nitrogen and oxygen atoms in total. The van der Waals surface area contributed by atoms with Gasteiger partial charge in [0.2, 0.25) is 0 Å². The predicted molar refractivity (Wildman–Crippen MR) is 76.5 cm³/mol. The summed E-state index contributed by atoms with van der Waals surface area (Å²) in [5, 5.41) is 5.79. The van der Waals surface area contributed by atoms with Crippen molar-refractivity contribution >= 4 is 17.2 Å². The molecular weight excluding hydrogens is 274 g/mol. The topological polar surface area (TPSA) is 71.0 Å². The van der Waals surface area contributed by atoms with Gasteiger partial charge in [-0.3, -0.25) is 14.8 Å². The molecule has 1 aliphatic rings. The molecule has 0 bridgehead atoms. The quantitative estimate of drug-likeness (QED) is 0.894. The minimum Gasteiger partial charge on any atom is -0.332 e. The summed E-state index contributed by atoms with van der Waals surface area (Å²) in [5.74, 6) is -0.00890. The van der Waals surface area contributed by atoms with Crippen LogP contribution in [0.3, 0.4) is 0 Å². The Morgan fingerprint density at radius 1 is 1.50 bits per heavy atom. The zero-order valence-corrected chi connectivity index (χ0v) is 11.9. The summed E-state index contributed by atoms with van der Waals surface area (Å²) in [5.41, 5.74) is 1.19.